The second-order valence-electron chi connectivity index (χ2n) is 7.15. The summed E-state index contributed by atoms with van der Waals surface area (Å²) in [7, 11) is 0. The van der Waals surface area contributed by atoms with Gasteiger partial charge in [0.05, 0.1) is 5.54 Å². The van der Waals surface area contributed by atoms with E-state index in [0.29, 0.717) is 0 Å². The fourth-order valence-electron chi connectivity index (χ4n) is 3.92. The van der Waals surface area contributed by atoms with Crippen LogP contribution >= 0.6 is 15.9 Å². The minimum Gasteiger partial charge on any atom is -0.300 e. The predicted octanol–water partition coefficient (Wildman–Crippen LogP) is 6.57. The van der Waals surface area contributed by atoms with Crippen LogP contribution < -0.4 is 5.32 Å². The average Bonchev–Trinajstić information content (AvgIpc) is 2.80. The molecular formula is C27H24BrN. The van der Waals surface area contributed by atoms with Crippen molar-refractivity contribution in [3.8, 4) is 0 Å². The van der Waals surface area contributed by atoms with Gasteiger partial charge in [-0.1, -0.05) is 119 Å². The van der Waals surface area contributed by atoms with Gasteiger partial charge in [-0.3, -0.25) is 5.32 Å². The topological polar surface area (TPSA) is 12.0 Å². The standard InChI is InChI=1S/C27H24BrN/c28-26-18-16-22(17-19-26)20-21-29-27(23-10-4-1-5-11-23,24-12-6-2-7-13-24)25-14-8-3-9-15-25/h1-19,29H,20-21H2. The van der Waals surface area contributed by atoms with Gasteiger partial charge in [0, 0.05) is 11.0 Å². The highest BCUT2D eigenvalue weighted by molar-refractivity contribution is 9.10. The summed E-state index contributed by atoms with van der Waals surface area (Å²) >= 11 is 3.52. The molecule has 2 heteroatoms. The van der Waals surface area contributed by atoms with Gasteiger partial charge in [0.25, 0.3) is 0 Å². The van der Waals surface area contributed by atoms with Gasteiger partial charge in [-0.2, -0.15) is 0 Å². The Morgan fingerprint density at radius 2 is 0.966 bits per heavy atom. The Labute approximate surface area is 181 Å². The van der Waals surface area contributed by atoms with Gasteiger partial charge in [-0.25, -0.2) is 0 Å². The Morgan fingerprint density at radius 3 is 1.38 bits per heavy atom. The molecule has 0 aromatic heterocycles. The van der Waals surface area contributed by atoms with Crippen LogP contribution in [0.3, 0.4) is 0 Å². The molecule has 4 aromatic rings. The molecule has 0 atom stereocenters. The monoisotopic (exact) mass is 441 g/mol. The highest BCUT2D eigenvalue weighted by Gasteiger charge is 2.35. The zero-order valence-corrected chi connectivity index (χ0v) is 17.8. The second kappa shape index (κ2) is 9.21. The lowest BCUT2D eigenvalue weighted by molar-refractivity contribution is 0.476. The van der Waals surface area contributed by atoms with E-state index in [-0.39, 0.29) is 0 Å². The van der Waals surface area contributed by atoms with E-state index < -0.39 is 5.54 Å². The van der Waals surface area contributed by atoms with Crippen molar-refractivity contribution in [3.05, 3.63) is 142 Å². The quantitative estimate of drug-likeness (QED) is 0.319. The van der Waals surface area contributed by atoms with Gasteiger partial charge in [-0.05, 0) is 40.8 Å². The molecule has 0 spiro atoms. The number of rotatable bonds is 7. The smallest absolute Gasteiger partial charge is 0.0948 e. The molecule has 144 valence electrons. The third kappa shape index (κ3) is 4.34. The van der Waals surface area contributed by atoms with E-state index in [4.69, 9.17) is 0 Å². The first-order valence-electron chi connectivity index (χ1n) is 9.95. The summed E-state index contributed by atoms with van der Waals surface area (Å²) in [5.74, 6) is 0. The van der Waals surface area contributed by atoms with Crippen molar-refractivity contribution in [3.63, 3.8) is 0 Å². The summed E-state index contributed by atoms with van der Waals surface area (Å²) in [5.41, 5.74) is 4.65. The Kier molecular flexibility index (Phi) is 6.24. The first-order chi connectivity index (χ1) is 14.3. The van der Waals surface area contributed by atoms with Crippen molar-refractivity contribution < 1.29 is 0 Å². The third-order valence-corrected chi connectivity index (χ3v) is 5.87. The van der Waals surface area contributed by atoms with Gasteiger partial charge in [-0.15, -0.1) is 0 Å². The van der Waals surface area contributed by atoms with Crippen LogP contribution in [0.1, 0.15) is 22.3 Å². The van der Waals surface area contributed by atoms with Crippen LogP contribution in [0.15, 0.2) is 120 Å². The lowest BCUT2D eigenvalue weighted by atomic mass is 9.77. The fourth-order valence-corrected chi connectivity index (χ4v) is 4.18. The van der Waals surface area contributed by atoms with E-state index in [0.717, 1.165) is 17.4 Å². The molecule has 0 aliphatic heterocycles. The first kappa shape index (κ1) is 19.6. The van der Waals surface area contributed by atoms with Gasteiger partial charge < -0.3 is 0 Å². The lowest BCUT2D eigenvalue weighted by Crippen LogP contribution is -2.45. The van der Waals surface area contributed by atoms with Crippen LogP contribution in [-0.2, 0) is 12.0 Å². The van der Waals surface area contributed by atoms with E-state index in [1.54, 1.807) is 0 Å². The van der Waals surface area contributed by atoms with Crippen molar-refractivity contribution >= 4 is 15.9 Å². The van der Waals surface area contributed by atoms with Crippen LogP contribution in [0, 0.1) is 0 Å². The molecule has 1 N–H and O–H groups in total. The molecule has 1 nitrogen and oxygen atoms in total. The van der Waals surface area contributed by atoms with Crippen LogP contribution in [0.5, 0.6) is 0 Å². The molecule has 0 aliphatic rings. The zero-order valence-electron chi connectivity index (χ0n) is 16.3. The largest absolute Gasteiger partial charge is 0.300 e. The van der Waals surface area contributed by atoms with Crippen molar-refractivity contribution in [1.82, 2.24) is 5.32 Å². The minimum absolute atomic E-state index is 0.404. The Bertz CT molecular complexity index is 916. The van der Waals surface area contributed by atoms with Crippen LogP contribution in [-0.4, -0.2) is 6.54 Å². The second-order valence-corrected chi connectivity index (χ2v) is 8.07. The molecule has 0 aliphatic carbocycles. The van der Waals surface area contributed by atoms with Crippen molar-refractivity contribution in [2.75, 3.05) is 6.54 Å². The maximum Gasteiger partial charge on any atom is 0.0948 e. The summed E-state index contributed by atoms with van der Waals surface area (Å²) in [6.07, 6.45) is 0.960. The first-order valence-corrected chi connectivity index (χ1v) is 10.7. The van der Waals surface area contributed by atoms with E-state index in [1.807, 2.05) is 0 Å². The molecule has 4 rings (SSSR count). The highest BCUT2D eigenvalue weighted by atomic mass is 79.9. The molecule has 29 heavy (non-hydrogen) atoms. The zero-order chi connectivity index (χ0) is 19.9. The molecule has 0 fully saturated rings. The van der Waals surface area contributed by atoms with Crippen molar-refractivity contribution in [1.29, 1.82) is 0 Å². The maximum atomic E-state index is 3.93. The van der Waals surface area contributed by atoms with Gasteiger partial charge >= 0.3 is 0 Å². The maximum absolute atomic E-state index is 3.93. The van der Waals surface area contributed by atoms with E-state index in [2.05, 4.69) is 137 Å². The molecule has 0 radical (unpaired) electrons. The Morgan fingerprint density at radius 1 is 0.552 bits per heavy atom. The highest BCUT2D eigenvalue weighted by Crippen LogP contribution is 2.36. The van der Waals surface area contributed by atoms with Crippen molar-refractivity contribution in [2.45, 2.75) is 12.0 Å². The number of hydrogen-bond acceptors (Lipinski definition) is 1. The molecule has 0 unspecified atom stereocenters. The number of halogens is 1. The Balaban J connectivity index is 1.76. The molecular weight excluding hydrogens is 418 g/mol. The summed E-state index contributed by atoms with van der Waals surface area (Å²) in [5, 5.41) is 3.93. The molecule has 0 saturated heterocycles. The normalized spacial score (nSPS) is 11.3. The minimum atomic E-state index is -0.404. The number of benzene rings is 4. The fraction of sp³-hybridized carbons (Fsp3) is 0.111. The molecule has 0 saturated carbocycles. The van der Waals surface area contributed by atoms with E-state index >= 15 is 0 Å². The third-order valence-electron chi connectivity index (χ3n) is 5.34. The van der Waals surface area contributed by atoms with Crippen LogP contribution in [0.25, 0.3) is 0 Å². The summed E-state index contributed by atoms with van der Waals surface area (Å²) in [6.45, 7) is 0.861. The van der Waals surface area contributed by atoms with Gasteiger partial charge in [0.15, 0.2) is 0 Å². The molecule has 0 bridgehead atoms. The van der Waals surface area contributed by atoms with Gasteiger partial charge in [0.2, 0.25) is 0 Å². The molecule has 4 aromatic carbocycles. The average molecular weight is 442 g/mol. The van der Waals surface area contributed by atoms with Crippen molar-refractivity contribution in [2.24, 2.45) is 0 Å². The molecule has 0 amide bonds. The summed E-state index contributed by atoms with van der Waals surface area (Å²) < 4.78 is 1.11. The van der Waals surface area contributed by atoms with Crippen LogP contribution in [0.4, 0.5) is 0 Å². The van der Waals surface area contributed by atoms with E-state index in [1.165, 1.54) is 22.3 Å². The lowest BCUT2D eigenvalue weighted by Gasteiger charge is -2.37. The summed E-state index contributed by atoms with van der Waals surface area (Å²) in [4.78, 5) is 0. The van der Waals surface area contributed by atoms with E-state index in [9.17, 15) is 0 Å². The Hall–Kier alpha value is -2.68. The SMILES string of the molecule is Brc1ccc(CCNC(c2ccccc2)(c2ccccc2)c2ccccc2)cc1. The van der Waals surface area contributed by atoms with Crippen LogP contribution in [0.2, 0.25) is 0 Å². The predicted molar refractivity (Wildman–Crippen MR) is 125 cm³/mol. The number of nitrogens with one attached hydrogen (secondary N) is 1. The summed E-state index contributed by atoms with van der Waals surface area (Å²) in [6, 6.07) is 40.8. The number of hydrogen-bond donors (Lipinski definition) is 1. The van der Waals surface area contributed by atoms with Gasteiger partial charge in [0.1, 0.15) is 0 Å². The molecule has 0 heterocycles.